The van der Waals surface area contributed by atoms with Crippen molar-refractivity contribution in [3.8, 4) is 5.75 Å². The Kier molecular flexibility index (Phi) is 5.64. The van der Waals surface area contributed by atoms with Gasteiger partial charge in [0.1, 0.15) is 12.4 Å². The Bertz CT molecular complexity index is 772. The molecule has 0 aromatic heterocycles. The van der Waals surface area contributed by atoms with E-state index < -0.39 is 15.9 Å². The monoisotopic (exact) mass is 380 g/mol. The molecule has 2 atom stereocenters. The van der Waals surface area contributed by atoms with Crippen LogP contribution in [0.4, 0.5) is 0 Å². The molecule has 2 aliphatic rings. The van der Waals surface area contributed by atoms with Gasteiger partial charge in [0.25, 0.3) is 5.91 Å². The number of sulfone groups is 1. The second-order valence-electron chi connectivity index (χ2n) is 6.64. The third-order valence-corrected chi connectivity index (χ3v) is 6.54. The first-order valence-corrected chi connectivity index (χ1v) is 10.5. The van der Waals surface area contributed by atoms with Crippen molar-refractivity contribution in [1.29, 1.82) is 0 Å². The first-order valence-electron chi connectivity index (χ1n) is 8.66. The van der Waals surface area contributed by atoms with Gasteiger partial charge in [-0.2, -0.15) is 0 Å². The number of aliphatic hydroxyl groups is 1. The molecule has 0 bridgehead atoms. The molecule has 1 aromatic rings. The molecule has 3 rings (SSSR count). The SMILES string of the molecule is C=CCOc1ccccc1C(=O)N1CCN([C@H]2CS(=O)(=O)C[C@@H]2O)CC1. The molecule has 0 unspecified atom stereocenters. The molecule has 0 aliphatic carbocycles. The molecule has 26 heavy (non-hydrogen) atoms. The first-order chi connectivity index (χ1) is 12.4. The lowest BCUT2D eigenvalue weighted by Gasteiger charge is -2.38. The summed E-state index contributed by atoms with van der Waals surface area (Å²) in [7, 11) is -3.18. The van der Waals surface area contributed by atoms with Gasteiger partial charge in [-0.1, -0.05) is 24.8 Å². The molecule has 2 saturated heterocycles. The molecule has 0 saturated carbocycles. The summed E-state index contributed by atoms with van der Waals surface area (Å²) < 4.78 is 29.0. The average Bonchev–Trinajstić information content (AvgIpc) is 2.92. The predicted molar refractivity (Wildman–Crippen MR) is 98.1 cm³/mol. The van der Waals surface area contributed by atoms with Gasteiger partial charge in [0.2, 0.25) is 0 Å². The topological polar surface area (TPSA) is 87.2 Å². The maximum atomic E-state index is 12.8. The Balaban J connectivity index is 1.63. The lowest BCUT2D eigenvalue weighted by Crippen LogP contribution is -2.54. The van der Waals surface area contributed by atoms with Crippen LogP contribution in [0, 0.1) is 0 Å². The smallest absolute Gasteiger partial charge is 0.257 e. The van der Waals surface area contributed by atoms with Gasteiger partial charge in [0.15, 0.2) is 9.84 Å². The number of ether oxygens (including phenoxy) is 1. The van der Waals surface area contributed by atoms with Crippen LogP contribution in [0.15, 0.2) is 36.9 Å². The summed E-state index contributed by atoms with van der Waals surface area (Å²) in [6.07, 6.45) is 0.774. The summed E-state index contributed by atoms with van der Waals surface area (Å²) in [5, 5.41) is 10.0. The molecular weight excluding hydrogens is 356 g/mol. The van der Waals surface area contributed by atoms with E-state index in [4.69, 9.17) is 4.74 Å². The molecular formula is C18H24N2O5S. The molecule has 1 aromatic carbocycles. The van der Waals surface area contributed by atoms with E-state index in [1.165, 1.54) is 0 Å². The van der Waals surface area contributed by atoms with Crippen molar-refractivity contribution >= 4 is 15.7 Å². The maximum absolute atomic E-state index is 12.8. The zero-order valence-corrected chi connectivity index (χ0v) is 15.4. The van der Waals surface area contributed by atoms with Crippen LogP contribution < -0.4 is 4.74 Å². The zero-order chi connectivity index (χ0) is 18.7. The number of para-hydroxylation sites is 1. The highest BCUT2D eigenvalue weighted by Gasteiger charge is 2.41. The van der Waals surface area contributed by atoms with Gasteiger partial charge in [-0.05, 0) is 12.1 Å². The number of hydrogen-bond acceptors (Lipinski definition) is 6. The van der Waals surface area contributed by atoms with E-state index >= 15 is 0 Å². The van der Waals surface area contributed by atoms with E-state index in [0.717, 1.165) is 0 Å². The van der Waals surface area contributed by atoms with Crippen LogP contribution in [-0.4, -0.2) is 85.7 Å². The molecule has 2 heterocycles. The van der Waals surface area contributed by atoms with Crippen molar-refractivity contribution in [2.45, 2.75) is 12.1 Å². The lowest BCUT2D eigenvalue weighted by molar-refractivity contribution is 0.0375. The van der Waals surface area contributed by atoms with E-state index in [1.54, 1.807) is 29.2 Å². The zero-order valence-electron chi connectivity index (χ0n) is 14.6. The summed E-state index contributed by atoms with van der Waals surface area (Å²) in [6, 6.07) is 6.73. The van der Waals surface area contributed by atoms with Crippen LogP contribution in [0.2, 0.25) is 0 Å². The highest BCUT2D eigenvalue weighted by atomic mass is 32.2. The van der Waals surface area contributed by atoms with Crippen LogP contribution in [-0.2, 0) is 9.84 Å². The van der Waals surface area contributed by atoms with E-state index in [0.29, 0.717) is 44.1 Å². The summed E-state index contributed by atoms with van der Waals surface area (Å²) in [5.74, 6) is 0.228. The fourth-order valence-corrected chi connectivity index (χ4v) is 5.34. The fourth-order valence-electron chi connectivity index (χ4n) is 3.50. The fraction of sp³-hybridized carbons (Fsp3) is 0.500. The van der Waals surface area contributed by atoms with Gasteiger partial charge in [-0.15, -0.1) is 0 Å². The second kappa shape index (κ2) is 7.77. The van der Waals surface area contributed by atoms with Crippen molar-refractivity contribution in [2.24, 2.45) is 0 Å². The highest BCUT2D eigenvalue weighted by molar-refractivity contribution is 7.91. The van der Waals surface area contributed by atoms with Gasteiger partial charge in [-0.25, -0.2) is 8.42 Å². The maximum Gasteiger partial charge on any atom is 0.257 e. The van der Waals surface area contributed by atoms with Crippen LogP contribution in [0.25, 0.3) is 0 Å². The quantitative estimate of drug-likeness (QED) is 0.733. The van der Waals surface area contributed by atoms with Gasteiger partial charge in [0.05, 0.1) is 29.2 Å². The number of piperazine rings is 1. The number of benzene rings is 1. The third kappa shape index (κ3) is 4.08. The lowest BCUT2D eigenvalue weighted by atomic mass is 10.1. The Labute approximate surface area is 153 Å². The van der Waals surface area contributed by atoms with Crippen molar-refractivity contribution in [1.82, 2.24) is 9.80 Å². The Morgan fingerprint density at radius 2 is 1.92 bits per heavy atom. The number of hydrogen-bond donors (Lipinski definition) is 1. The molecule has 7 nitrogen and oxygen atoms in total. The van der Waals surface area contributed by atoms with Crippen LogP contribution >= 0.6 is 0 Å². The minimum Gasteiger partial charge on any atom is -0.489 e. The van der Waals surface area contributed by atoms with Crippen LogP contribution in [0.3, 0.4) is 0 Å². The van der Waals surface area contributed by atoms with Crippen molar-refractivity contribution in [3.05, 3.63) is 42.5 Å². The molecule has 0 spiro atoms. The number of amides is 1. The summed E-state index contributed by atoms with van der Waals surface area (Å²) in [6.45, 7) is 5.99. The molecule has 142 valence electrons. The van der Waals surface area contributed by atoms with E-state index in [-0.39, 0.29) is 23.5 Å². The number of nitrogens with zero attached hydrogens (tertiary/aromatic N) is 2. The summed E-state index contributed by atoms with van der Waals surface area (Å²) in [5.41, 5.74) is 0.506. The molecule has 2 aliphatic heterocycles. The van der Waals surface area contributed by atoms with Gasteiger partial charge < -0.3 is 14.7 Å². The van der Waals surface area contributed by atoms with Gasteiger partial charge in [0, 0.05) is 26.2 Å². The molecule has 0 radical (unpaired) electrons. The normalized spacial score (nSPS) is 25.8. The van der Waals surface area contributed by atoms with Gasteiger partial charge in [-0.3, -0.25) is 9.69 Å². The Hall–Kier alpha value is -1.90. The number of rotatable bonds is 5. The molecule has 8 heteroatoms. The third-order valence-electron chi connectivity index (χ3n) is 4.84. The largest absolute Gasteiger partial charge is 0.489 e. The summed E-state index contributed by atoms with van der Waals surface area (Å²) >= 11 is 0. The molecule has 2 fully saturated rings. The van der Waals surface area contributed by atoms with E-state index in [9.17, 15) is 18.3 Å². The van der Waals surface area contributed by atoms with E-state index in [2.05, 4.69) is 6.58 Å². The number of aliphatic hydroxyl groups excluding tert-OH is 1. The second-order valence-corrected chi connectivity index (χ2v) is 8.79. The standard InChI is InChI=1S/C18H24N2O5S/c1-2-11-25-17-6-4-3-5-14(17)18(22)20-9-7-19(8-10-20)15-12-26(23,24)13-16(15)21/h2-6,15-16,21H,1,7-13H2/t15-,16-/m0/s1. The van der Waals surface area contributed by atoms with Crippen LogP contribution in [0.1, 0.15) is 10.4 Å². The van der Waals surface area contributed by atoms with Gasteiger partial charge >= 0.3 is 0 Å². The molecule has 1 amide bonds. The summed E-state index contributed by atoms with van der Waals surface area (Å²) in [4.78, 5) is 16.5. The van der Waals surface area contributed by atoms with Crippen molar-refractivity contribution in [3.63, 3.8) is 0 Å². The minimum absolute atomic E-state index is 0.0136. The minimum atomic E-state index is -3.18. The van der Waals surface area contributed by atoms with Crippen molar-refractivity contribution < 1.29 is 23.1 Å². The van der Waals surface area contributed by atoms with Crippen molar-refractivity contribution in [2.75, 3.05) is 44.3 Å². The first kappa shape index (κ1) is 18.9. The van der Waals surface area contributed by atoms with E-state index in [1.807, 2.05) is 11.0 Å². The Morgan fingerprint density at radius 1 is 1.23 bits per heavy atom. The Morgan fingerprint density at radius 3 is 2.54 bits per heavy atom. The predicted octanol–water partition coefficient (Wildman–Crippen LogP) is 0.167. The number of carbonyl (C=O) groups excluding carboxylic acids is 1. The number of carbonyl (C=O) groups is 1. The van der Waals surface area contributed by atoms with Crippen LogP contribution in [0.5, 0.6) is 5.75 Å². The molecule has 1 N–H and O–H groups in total. The highest BCUT2D eigenvalue weighted by Crippen LogP contribution is 2.23. The average molecular weight is 380 g/mol.